The average Bonchev–Trinajstić information content (AvgIpc) is 2.81. The third-order valence-electron chi connectivity index (χ3n) is 5.69. The molecule has 0 saturated carbocycles. The zero-order valence-electron chi connectivity index (χ0n) is 16.1. The van der Waals surface area contributed by atoms with Crippen molar-refractivity contribution in [1.29, 1.82) is 0 Å². The summed E-state index contributed by atoms with van der Waals surface area (Å²) in [6.45, 7) is 7.98. The largest absolute Gasteiger partial charge is 0.480 e. The minimum Gasteiger partial charge on any atom is -0.480 e. The van der Waals surface area contributed by atoms with E-state index in [1.165, 1.54) is 19.3 Å². The van der Waals surface area contributed by atoms with Crippen molar-refractivity contribution >= 4 is 11.9 Å². The van der Waals surface area contributed by atoms with Gasteiger partial charge >= 0.3 is 5.97 Å². The number of rotatable bonds is 6. The van der Waals surface area contributed by atoms with Gasteiger partial charge in [0.1, 0.15) is 0 Å². The van der Waals surface area contributed by atoms with Crippen molar-refractivity contribution in [3.05, 3.63) is 0 Å². The van der Waals surface area contributed by atoms with Crippen molar-refractivity contribution in [3.8, 4) is 0 Å². The molecule has 6 nitrogen and oxygen atoms in total. The van der Waals surface area contributed by atoms with Crippen LogP contribution in [-0.2, 0) is 9.59 Å². The fourth-order valence-corrected chi connectivity index (χ4v) is 4.33. The summed E-state index contributed by atoms with van der Waals surface area (Å²) in [5.41, 5.74) is 0. The van der Waals surface area contributed by atoms with Crippen LogP contribution in [0.5, 0.6) is 0 Å². The van der Waals surface area contributed by atoms with E-state index in [0.717, 1.165) is 45.4 Å². The van der Waals surface area contributed by atoms with Crippen molar-refractivity contribution in [3.63, 3.8) is 0 Å². The Bertz CT molecular complexity index is 449. The lowest BCUT2D eigenvalue weighted by molar-refractivity contribution is -0.140. The maximum absolute atomic E-state index is 13.2. The van der Waals surface area contributed by atoms with Gasteiger partial charge in [-0.15, -0.1) is 0 Å². The van der Waals surface area contributed by atoms with Gasteiger partial charge in [-0.05, 0) is 58.2 Å². The van der Waals surface area contributed by atoms with Gasteiger partial charge < -0.3 is 10.0 Å². The van der Waals surface area contributed by atoms with E-state index in [9.17, 15) is 9.59 Å². The molecule has 0 aromatic carbocycles. The van der Waals surface area contributed by atoms with Crippen molar-refractivity contribution in [2.24, 2.45) is 5.92 Å². The SMILES string of the molecule is CC(C)C(C(=O)N1CCCC(N(C)CC(=O)O)CC1)N1CCCCC1. The molecule has 0 aromatic heterocycles. The first-order valence-electron chi connectivity index (χ1n) is 9.85. The average molecular weight is 354 g/mol. The number of hydrogen-bond donors (Lipinski definition) is 1. The van der Waals surface area contributed by atoms with Crippen LogP contribution in [0.2, 0.25) is 0 Å². The molecule has 2 aliphatic rings. The van der Waals surface area contributed by atoms with Crippen LogP contribution < -0.4 is 0 Å². The molecule has 2 saturated heterocycles. The molecule has 0 spiro atoms. The molecule has 1 amide bonds. The highest BCUT2D eigenvalue weighted by Gasteiger charge is 2.34. The number of piperidine rings is 1. The summed E-state index contributed by atoms with van der Waals surface area (Å²) >= 11 is 0. The second-order valence-electron chi connectivity index (χ2n) is 8.00. The molecule has 0 aromatic rings. The Balaban J connectivity index is 1.97. The van der Waals surface area contributed by atoms with Gasteiger partial charge in [-0.3, -0.25) is 19.4 Å². The lowest BCUT2D eigenvalue weighted by Crippen LogP contribution is -2.53. The fraction of sp³-hybridized carbons (Fsp3) is 0.895. The van der Waals surface area contributed by atoms with E-state index in [2.05, 4.69) is 18.7 Å². The molecular formula is C19H35N3O3. The zero-order chi connectivity index (χ0) is 18.4. The van der Waals surface area contributed by atoms with Gasteiger partial charge in [-0.2, -0.15) is 0 Å². The summed E-state index contributed by atoms with van der Waals surface area (Å²) in [5.74, 6) is -0.192. The molecule has 2 aliphatic heterocycles. The Morgan fingerprint density at radius 3 is 2.32 bits per heavy atom. The first-order chi connectivity index (χ1) is 11.9. The normalized spacial score (nSPS) is 24.4. The topological polar surface area (TPSA) is 64.1 Å². The first kappa shape index (κ1) is 20.2. The number of carboxylic acids is 1. The Labute approximate surface area is 152 Å². The third kappa shape index (κ3) is 5.68. The van der Waals surface area contributed by atoms with Crippen LogP contribution in [0.3, 0.4) is 0 Å². The van der Waals surface area contributed by atoms with Crippen molar-refractivity contribution < 1.29 is 14.7 Å². The van der Waals surface area contributed by atoms with E-state index < -0.39 is 5.97 Å². The molecule has 6 heteroatoms. The van der Waals surface area contributed by atoms with E-state index in [1.54, 1.807) is 0 Å². The van der Waals surface area contributed by atoms with E-state index in [4.69, 9.17) is 5.11 Å². The van der Waals surface area contributed by atoms with E-state index in [0.29, 0.717) is 5.92 Å². The lowest BCUT2D eigenvalue weighted by atomic mass is 9.98. The molecule has 2 atom stereocenters. The molecular weight excluding hydrogens is 318 g/mol. The standard InChI is InChI=1S/C19H35N3O3/c1-15(2)18(21-10-5-4-6-11-21)19(25)22-12-7-8-16(9-13-22)20(3)14-17(23)24/h15-16,18H,4-14H2,1-3H3,(H,23,24). The maximum Gasteiger partial charge on any atom is 0.317 e. The molecule has 2 unspecified atom stereocenters. The fourth-order valence-electron chi connectivity index (χ4n) is 4.33. The van der Waals surface area contributed by atoms with Crippen molar-refractivity contribution in [2.75, 3.05) is 39.8 Å². The van der Waals surface area contributed by atoms with Crippen LogP contribution in [0.4, 0.5) is 0 Å². The smallest absolute Gasteiger partial charge is 0.317 e. The number of carbonyl (C=O) groups is 2. The first-order valence-corrected chi connectivity index (χ1v) is 9.85. The number of hydrogen-bond acceptors (Lipinski definition) is 4. The Morgan fingerprint density at radius 2 is 1.72 bits per heavy atom. The van der Waals surface area contributed by atoms with E-state index in [-0.39, 0.29) is 24.5 Å². The molecule has 0 radical (unpaired) electrons. The summed E-state index contributed by atoms with van der Waals surface area (Å²) in [5, 5.41) is 8.99. The van der Waals surface area contributed by atoms with E-state index in [1.807, 2.05) is 16.8 Å². The van der Waals surface area contributed by atoms with Crippen LogP contribution >= 0.6 is 0 Å². The van der Waals surface area contributed by atoms with Gasteiger partial charge in [0.2, 0.25) is 5.91 Å². The number of carbonyl (C=O) groups excluding carboxylic acids is 1. The van der Waals surface area contributed by atoms with Crippen LogP contribution in [0.15, 0.2) is 0 Å². The summed E-state index contributed by atoms with van der Waals surface area (Å²) in [4.78, 5) is 30.5. The number of likely N-dealkylation sites (tertiary alicyclic amines) is 2. The van der Waals surface area contributed by atoms with Gasteiger partial charge in [-0.1, -0.05) is 20.3 Å². The van der Waals surface area contributed by atoms with Crippen molar-refractivity contribution in [1.82, 2.24) is 14.7 Å². The second-order valence-corrected chi connectivity index (χ2v) is 8.00. The Hall–Kier alpha value is -1.14. The monoisotopic (exact) mass is 353 g/mol. The maximum atomic E-state index is 13.2. The minimum absolute atomic E-state index is 0.00593. The zero-order valence-corrected chi connectivity index (χ0v) is 16.1. The number of amides is 1. The predicted molar refractivity (Wildman–Crippen MR) is 98.5 cm³/mol. The van der Waals surface area contributed by atoms with Crippen molar-refractivity contribution in [2.45, 2.75) is 64.5 Å². The summed E-state index contributed by atoms with van der Waals surface area (Å²) in [6.07, 6.45) is 6.43. The molecule has 2 rings (SSSR count). The highest BCUT2D eigenvalue weighted by Crippen LogP contribution is 2.22. The minimum atomic E-state index is -0.787. The van der Waals surface area contributed by atoms with Gasteiger partial charge in [0.15, 0.2) is 0 Å². The highest BCUT2D eigenvalue weighted by molar-refractivity contribution is 5.82. The van der Waals surface area contributed by atoms with Crippen LogP contribution in [0.1, 0.15) is 52.4 Å². The van der Waals surface area contributed by atoms with Crippen LogP contribution in [-0.4, -0.2) is 83.5 Å². The highest BCUT2D eigenvalue weighted by atomic mass is 16.4. The number of likely N-dealkylation sites (N-methyl/N-ethyl adjacent to an activating group) is 1. The molecule has 1 N–H and O–H groups in total. The summed E-state index contributed by atoms with van der Waals surface area (Å²) in [7, 11) is 1.88. The molecule has 2 fully saturated rings. The third-order valence-corrected chi connectivity index (χ3v) is 5.69. The second kappa shape index (κ2) is 9.53. The molecule has 0 aliphatic carbocycles. The van der Waals surface area contributed by atoms with Gasteiger partial charge in [-0.25, -0.2) is 0 Å². The predicted octanol–water partition coefficient (Wildman–Crippen LogP) is 1.89. The van der Waals surface area contributed by atoms with Gasteiger partial charge in [0.25, 0.3) is 0 Å². The molecule has 2 heterocycles. The Kier molecular flexibility index (Phi) is 7.69. The number of nitrogens with zero attached hydrogens (tertiary/aromatic N) is 3. The molecule has 25 heavy (non-hydrogen) atoms. The lowest BCUT2D eigenvalue weighted by Gasteiger charge is -2.38. The molecule has 144 valence electrons. The molecule has 0 bridgehead atoms. The van der Waals surface area contributed by atoms with E-state index >= 15 is 0 Å². The van der Waals surface area contributed by atoms with Crippen LogP contribution in [0, 0.1) is 5.92 Å². The van der Waals surface area contributed by atoms with Gasteiger partial charge in [0, 0.05) is 19.1 Å². The summed E-state index contributed by atoms with van der Waals surface area (Å²) in [6, 6.07) is 0.245. The quantitative estimate of drug-likeness (QED) is 0.790. The van der Waals surface area contributed by atoms with Crippen LogP contribution in [0.25, 0.3) is 0 Å². The Morgan fingerprint density at radius 1 is 1.04 bits per heavy atom. The summed E-state index contributed by atoms with van der Waals surface area (Å²) < 4.78 is 0. The number of carboxylic acid groups (broad SMARTS) is 1. The van der Waals surface area contributed by atoms with Gasteiger partial charge in [0.05, 0.1) is 12.6 Å². The number of aliphatic carboxylic acids is 1.